The molecular formula is C15H22N2O3. The molecule has 0 aliphatic heterocycles. The molecule has 20 heavy (non-hydrogen) atoms. The lowest BCUT2D eigenvalue weighted by Gasteiger charge is -2.21. The minimum Gasteiger partial charge on any atom is -0.495 e. The van der Waals surface area contributed by atoms with E-state index in [2.05, 4.69) is 10.6 Å². The molecule has 1 atom stereocenters. The van der Waals surface area contributed by atoms with Gasteiger partial charge in [0.25, 0.3) is 0 Å². The van der Waals surface area contributed by atoms with Gasteiger partial charge < -0.3 is 15.4 Å². The number of hydrogen-bond acceptors (Lipinski definition) is 3. The fraction of sp³-hybridized carbons (Fsp3) is 0.467. The number of carbonyl (C=O) groups excluding carboxylic acids is 2. The highest BCUT2D eigenvalue weighted by atomic mass is 16.5. The third kappa shape index (κ3) is 4.26. The summed E-state index contributed by atoms with van der Waals surface area (Å²) in [5.74, 6) is 0.109. The van der Waals surface area contributed by atoms with E-state index >= 15 is 0 Å². The minimum absolute atomic E-state index is 0.00490. The number of methoxy groups -OCH3 is 1. The van der Waals surface area contributed by atoms with Crippen LogP contribution >= 0.6 is 0 Å². The maximum atomic E-state index is 12.3. The topological polar surface area (TPSA) is 67.4 Å². The van der Waals surface area contributed by atoms with Crippen molar-refractivity contribution < 1.29 is 14.3 Å². The highest BCUT2D eigenvalue weighted by molar-refractivity contribution is 5.98. The summed E-state index contributed by atoms with van der Waals surface area (Å²) in [5.41, 5.74) is 1.62. The van der Waals surface area contributed by atoms with Gasteiger partial charge in [-0.3, -0.25) is 9.59 Å². The van der Waals surface area contributed by atoms with E-state index in [0.717, 1.165) is 5.56 Å². The maximum absolute atomic E-state index is 12.3. The number of nitrogens with one attached hydrogen (secondary N) is 2. The van der Waals surface area contributed by atoms with Crippen LogP contribution < -0.4 is 15.4 Å². The number of benzene rings is 1. The zero-order chi connectivity index (χ0) is 15.3. The monoisotopic (exact) mass is 278 g/mol. The molecule has 5 heteroatoms. The van der Waals surface area contributed by atoms with E-state index in [1.165, 1.54) is 6.92 Å². The molecule has 0 aliphatic rings. The van der Waals surface area contributed by atoms with Gasteiger partial charge in [0.05, 0.1) is 12.8 Å². The zero-order valence-corrected chi connectivity index (χ0v) is 12.6. The van der Waals surface area contributed by atoms with Crippen molar-refractivity contribution in [2.75, 3.05) is 12.4 Å². The molecule has 2 amide bonds. The highest BCUT2D eigenvalue weighted by Crippen LogP contribution is 2.25. The van der Waals surface area contributed by atoms with Crippen LogP contribution in [0.15, 0.2) is 18.2 Å². The van der Waals surface area contributed by atoms with Crippen LogP contribution in [0, 0.1) is 12.8 Å². The van der Waals surface area contributed by atoms with Crippen molar-refractivity contribution in [2.24, 2.45) is 5.92 Å². The summed E-state index contributed by atoms with van der Waals surface area (Å²) in [4.78, 5) is 23.5. The van der Waals surface area contributed by atoms with E-state index in [1.54, 1.807) is 13.2 Å². The van der Waals surface area contributed by atoms with E-state index in [1.807, 2.05) is 32.9 Å². The molecule has 1 rings (SSSR count). The summed E-state index contributed by atoms with van der Waals surface area (Å²) >= 11 is 0. The van der Waals surface area contributed by atoms with Crippen molar-refractivity contribution in [3.8, 4) is 5.75 Å². The molecule has 0 radical (unpaired) electrons. The first kappa shape index (κ1) is 16.0. The van der Waals surface area contributed by atoms with Crippen molar-refractivity contribution in [1.82, 2.24) is 5.32 Å². The van der Waals surface area contributed by atoms with Crippen LogP contribution in [0.5, 0.6) is 5.75 Å². The lowest BCUT2D eigenvalue weighted by molar-refractivity contribution is -0.126. The van der Waals surface area contributed by atoms with E-state index in [4.69, 9.17) is 4.74 Å². The predicted molar refractivity (Wildman–Crippen MR) is 78.8 cm³/mol. The van der Waals surface area contributed by atoms with Crippen molar-refractivity contribution >= 4 is 17.5 Å². The molecule has 0 fully saturated rings. The van der Waals surface area contributed by atoms with Gasteiger partial charge in [-0.1, -0.05) is 19.9 Å². The summed E-state index contributed by atoms with van der Waals surface area (Å²) in [6.07, 6.45) is 0. The first-order chi connectivity index (χ1) is 9.35. The smallest absolute Gasteiger partial charge is 0.247 e. The van der Waals surface area contributed by atoms with Crippen molar-refractivity contribution in [3.05, 3.63) is 23.8 Å². The third-order valence-electron chi connectivity index (χ3n) is 2.92. The van der Waals surface area contributed by atoms with E-state index in [9.17, 15) is 9.59 Å². The Kier molecular flexibility index (Phi) is 5.55. The van der Waals surface area contributed by atoms with Crippen LogP contribution in [0.2, 0.25) is 0 Å². The number of anilines is 1. The van der Waals surface area contributed by atoms with Gasteiger partial charge in [-0.2, -0.15) is 0 Å². The number of hydrogen-bond donors (Lipinski definition) is 2. The van der Waals surface area contributed by atoms with Gasteiger partial charge in [0.2, 0.25) is 11.8 Å². The summed E-state index contributed by atoms with van der Waals surface area (Å²) < 4.78 is 5.22. The number of carbonyl (C=O) groups is 2. The van der Waals surface area contributed by atoms with Gasteiger partial charge in [-0.15, -0.1) is 0 Å². The molecule has 0 saturated carbocycles. The molecule has 0 aliphatic carbocycles. The quantitative estimate of drug-likeness (QED) is 0.866. The van der Waals surface area contributed by atoms with E-state index in [0.29, 0.717) is 11.4 Å². The first-order valence-electron chi connectivity index (χ1n) is 6.57. The Morgan fingerprint density at radius 1 is 1.25 bits per heavy atom. The zero-order valence-electron chi connectivity index (χ0n) is 12.6. The van der Waals surface area contributed by atoms with Crippen molar-refractivity contribution in [3.63, 3.8) is 0 Å². The van der Waals surface area contributed by atoms with Gasteiger partial charge >= 0.3 is 0 Å². The molecule has 1 aromatic carbocycles. The molecule has 5 nitrogen and oxygen atoms in total. The summed E-state index contributed by atoms with van der Waals surface area (Å²) in [6, 6.07) is 4.97. The van der Waals surface area contributed by atoms with Gasteiger partial charge in [0, 0.05) is 6.92 Å². The van der Waals surface area contributed by atoms with Crippen molar-refractivity contribution in [1.29, 1.82) is 0 Å². The van der Waals surface area contributed by atoms with Crippen LogP contribution in [0.4, 0.5) is 5.69 Å². The third-order valence-corrected chi connectivity index (χ3v) is 2.92. The summed E-state index contributed by atoms with van der Waals surface area (Å²) in [6.45, 7) is 7.10. The fourth-order valence-electron chi connectivity index (χ4n) is 1.88. The van der Waals surface area contributed by atoms with E-state index < -0.39 is 6.04 Å². The molecular weight excluding hydrogens is 256 g/mol. The molecule has 0 spiro atoms. The molecule has 2 N–H and O–H groups in total. The second-order valence-electron chi connectivity index (χ2n) is 5.12. The second kappa shape index (κ2) is 6.93. The fourth-order valence-corrected chi connectivity index (χ4v) is 1.88. The Morgan fingerprint density at radius 3 is 2.40 bits per heavy atom. The Hall–Kier alpha value is -2.04. The predicted octanol–water partition coefficient (Wildman–Crippen LogP) is 2.10. The SMILES string of the molecule is COc1ccc(C)cc1NC(=O)[C@@H](NC(C)=O)C(C)C. The molecule has 0 aromatic heterocycles. The summed E-state index contributed by atoms with van der Waals surface area (Å²) in [5, 5.41) is 5.47. The Bertz CT molecular complexity index is 498. The first-order valence-corrected chi connectivity index (χ1v) is 6.57. The molecule has 1 aromatic rings. The van der Waals surface area contributed by atoms with Crippen LogP contribution in [0.3, 0.4) is 0 Å². The number of ether oxygens (including phenoxy) is 1. The maximum Gasteiger partial charge on any atom is 0.247 e. The van der Waals surface area contributed by atoms with Crippen LogP contribution in [0.1, 0.15) is 26.3 Å². The molecule has 0 saturated heterocycles. The van der Waals surface area contributed by atoms with E-state index in [-0.39, 0.29) is 17.7 Å². The Balaban J connectivity index is 2.93. The minimum atomic E-state index is -0.572. The average Bonchev–Trinajstić information content (AvgIpc) is 2.35. The normalized spacial score (nSPS) is 11.9. The van der Waals surface area contributed by atoms with Gasteiger partial charge in [-0.05, 0) is 30.5 Å². The Labute approximate surface area is 119 Å². The van der Waals surface area contributed by atoms with Gasteiger partial charge in [-0.25, -0.2) is 0 Å². The van der Waals surface area contributed by atoms with Crippen LogP contribution in [-0.2, 0) is 9.59 Å². The lowest BCUT2D eigenvalue weighted by Crippen LogP contribution is -2.46. The number of rotatable bonds is 5. The number of aryl methyl sites for hydroxylation is 1. The highest BCUT2D eigenvalue weighted by Gasteiger charge is 2.23. The van der Waals surface area contributed by atoms with Crippen molar-refractivity contribution in [2.45, 2.75) is 33.7 Å². The molecule has 0 unspecified atom stereocenters. The number of amides is 2. The largest absolute Gasteiger partial charge is 0.495 e. The molecule has 110 valence electrons. The van der Waals surface area contributed by atoms with Gasteiger partial charge in [0.15, 0.2) is 0 Å². The molecule has 0 heterocycles. The molecule has 0 bridgehead atoms. The average molecular weight is 278 g/mol. The second-order valence-corrected chi connectivity index (χ2v) is 5.12. The summed E-state index contributed by atoms with van der Waals surface area (Å²) in [7, 11) is 1.55. The Morgan fingerprint density at radius 2 is 1.90 bits per heavy atom. The van der Waals surface area contributed by atoms with Gasteiger partial charge in [0.1, 0.15) is 11.8 Å². The standard InChI is InChI=1S/C15H22N2O3/c1-9(2)14(16-11(4)18)15(19)17-12-8-10(3)6-7-13(12)20-5/h6-9,14H,1-5H3,(H,16,18)(H,17,19)/t14-/m0/s1. The van der Waals surface area contributed by atoms with Crippen LogP contribution in [-0.4, -0.2) is 25.0 Å². The lowest BCUT2D eigenvalue weighted by atomic mass is 10.0. The van der Waals surface area contributed by atoms with Crippen LogP contribution in [0.25, 0.3) is 0 Å².